The topological polar surface area (TPSA) is 77.1 Å². The van der Waals surface area contributed by atoms with Crippen molar-refractivity contribution >= 4 is 23.1 Å². The minimum absolute atomic E-state index is 0.00625. The van der Waals surface area contributed by atoms with Gasteiger partial charge in [-0.3, -0.25) is 14.5 Å². The Morgan fingerprint density at radius 1 is 0.865 bits per heavy atom. The largest absolute Gasteiger partial charge is 0.497 e. The molecule has 1 heterocycles. The fourth-order valence-electron chi connectivity index (χ4n) is 5.39. The zero-order valence-corrected chi connectivity index (χ0v) is 21.4. The number of nitrogens with one attached hydrogen (secondary N) is 1. The maximum Gasteiger partial charge on any atom is 0.224 e. The number of Topliss-reactive ketones (excluding diaryl/α,β-unsaturated/α-hetero) is 1. The van der Waals surface area contributed by atoms with E-state index < -0.39 is 6.04 Å². The summed E-state index contributed by atoms with van der Waals surface area (Å²) in [5.74, 6) is 1.75. The van der Waals surface area contributed by atoms with Crippen LogP contribution in [0.15, 0.2) is 78.0 Å². The number of benzene rings is 3. The number of anilines is 2. The third kappa shape index (κ3) is 4.42. The minimum atomic E-state index is -0.618. The lowest BCUT2D eigenvalue weighted by Gasteiger charge is -2.34. The van der Waals surface area contributed by atoms with Crippen LogP contribution in [-0.2, 0) is 9.59 Å². The highest BCUT2D eigenvalue weighted by molar-refractivity contribution is 6.06. The monoisotopic (exact) mass is 498 g/mol. The lowest BCUT2D eigenvalue weighted by atomic mass is 9.78. The standard InChI is InChI=1S/C30H30N2O5/c1-18(33)32-25-8-6-5-7-23(25)31-24-15-21(19-9-12-22(35-2)13-10-19)16-26(34)29(24)30(32)20-11-14-27(36-3)28(17-20)37-4/h5-14,17,21,30-31H,15-16H2,1-4H3/t21-,30-/m1/s1. The van der Waals surface area contributed by atoms with Crippen LogP contribution in [0.5, 0.6) is 17.2 Å². The number of nitrogens with zero attached hydrogens (tertiary/aromatic N) is 1. The first-order valence-corrected chi connectivity index (χ1v) is 12.2. The van der Waals surface area contributed by atoms with Gasteiger partial charge in [-0.15, -0.1) is 0 Å². The predicted octanol–water partition coefficient (Wildman–Crippen LogP) is 5.63. The molecule has 3 aromatic carbocycles. The number of fused-ring (bicyclic) bond motifs is 1. The molecular formula is C30H30N2O5. The van der Waals surface area contributed by atoms with Crippen LogP contribution in [0.3, 0.4) is 0 Å². The van der Waals surface area contributed by atoms with Crippen LogP contribution in [0.1, 0.15) is 42.9 Å². The van der Waals surface area contributed by atoms with Gasteiger partial charge >= 0.3 is 0 Å². The summed E-state index contributed by atoms with van der Waals surface area (Å²) < 4.78 is 16.3. The smallest absolute Gasteiger partial charge is 0.224 e. The fraction of sp³-hybridized carbons (Fsp3) is 0.267. The minimum Gasteiger partial charge on any atom is -0.497 e. The Labute approximate surface area is 216 Å². The molecule has 1 amide bonds. The van der Waals surface area contributed by atoms with Gasteiger partial charge in [0.25, 0.3) is 0 Å². The summed E-state index contributed by atoms with van der Waals surface area (Å²) in [5, 5.41) is 3.53. The summed E-state index contributed by atoms with van der Waals surface area (Å²) in [7, 11) is 4.79. The molecule has 3 aromatic rings. The van der Waals surface area contributed by atoms with E-state index in [0.717, 1.165) is 33.9 Å². The van der Waals surface area contributed by atoms with E-state index in [-0.39, 0.29) is 17.6 Å². The second-order valence-corrected chi connectivity index (χ2v) is 9.24. The van der Waals surface area contributed by atoms with E-state index in [1.165, 1.54) is 6.92 Å². The van der Waals surface area contributed by atoms with Crippen molar-refractivity contribution in [1.29, 1.82) is 0 Å². The molecule has 1 aliphatic heterocycles. The summed E-state index contributed by atoms with van der Waals surface area (Å²) in [4.78, 5) is 28.9. The van der Waals surface area contributed by atoms with Gasteiger partial charge in [-0.2, -0.15) is 0 Å². The van der Waals surface area contributed by atoms with Crippen molar-refractivity contribution in [3.8, 4) is 17.2 Å². The van der Waals surface area contributed by atoms with Crippen LogP contribution in [-0.4, -0.2) is 33.0 Å². The molecule has 1 aliphatic carbocycles. The van der Waals surface area contributed by atoms with Gasteiger partial charge in [-0.05, 0) is 59.9 Å². The maximum absolute atomic E-state index is 14.0. The zero-order chi connectivity index (χ0) is 26.1. The molecule has 190 valence electrons. The van der Waals surface area contributed by atoms with E-state index in [0.29, 0.717) is 29.9 Å². The maximum atomic E-state index is 14.0. The van der Waals surface area contributed by atoms with Gasteiger partial charge in [0, 0.05) is 24.6 Å². The molecule has 5 rings (SSSR count). The van der Waals surface area contributed by atoms with Gasteiger partial charge in [-0.1, -0.05) is 30.3 Å². The Bertz CT molecular complexity index is 1380. The van der Waals surface area contributed by atoms with Crippen molar-refractivity contribution in [3.63, 3.8) is 0 Å². The Morgan fingerprint density at radius 2 is 1.57 bits per heavy atom. The molecule has 0 unspecified atom stereocenters. The first-order valence-electron chi connectivity index (χ1n) is 12.2. The number of ether oxygens (including phenoxy) is 3. The first-order chi connectivity index (χ1) is 17.9. The molecule has 0 saturated heterocycles. The third-order valence-electron chi connectivity index (χ3n) is 7.14. The van der Waals surface area contributed by atoms with E-state index in [1.54, 1.807) is 26.2 Å². The normalized spacial score (nSPS) is 18.8. The molecule has 0 fully saturated rings. The molecule has 0 saturated carbocycles. The molecule has 1 N–H and O–H groups in total. The SMILES string of the molecule is COc1ccc([C@H]2CC(=O)C3=C(C2)Nc2ccccc2N(C(C)=O)[C@@H]3c2ccc(OC)c(OC)c2)cc1. The number of carbonyl (C=O) groups excluding carboxylic acids is 2. The summed E-state index contributed by atoms with van der Waals surface area (Å²) in [6.07, 6.45) is 0.982. The molecule has 0 radical (unpaired) electrons. The number of rotatable bonds is 5. The van der Waals surface area contributed by atoms with E-state index in [2.05, 4.69) is 5.32 Å². The summed E-state index contributed by atoms with van der Waals surface area (Å²) in [6, 6.07) is 20.5. The van der Waals surface area contributed by atoms with Gasteiger partial charge in [0.15, 0.2) is 17.3 Å². The molecule has 7 heteroatoms. The highest BCUT2D eigenvalue weighted by Gasteiger charge is 2.41. The third-order valence-corrected chi connectivity index (χ3v) is 7.14. The second kappa shape index (κ2) is 10.0. The van der Waals surface area contributed by atoms with Crippen LogP contribution in [0.4, 0.5) is 11.4 Å². The molecule has 0 bridgehead atoms. The molecule has 0 aromatic heterocycles. The Hall–Kier alpha value is -4.26. The van der Waals surface area contributed by atoms with Gasteiger partial charge in [-0.25, -0.2) is 0 Å². The van der Waals surface area contributed by atoms with Crippen LogP contribution in [0.25, 0.3) is 0 Å². The first kappa shape index (κ1) is 24.4. The Balaban J connectivity index is 1.68. The van der Waals surface area contributed by atoms with E-state index in [4.69, 9.17) is 14.2 Å². The van der Waals surface area contributed by atoms with Gasteiger partial charge in [0.05, 0.1) is 38.7 Å². The van der Waals surface area contributed by atoms with Crippen molar-refractivity contribution < 1.29 is 23.8 Å². The molecular weight excluding hydrogens is 468 g/mol. The van der Waals surface area contributed by atoms with E-state index >= 15 is 0 Å². The molecule has 2 aliphatic rings. The molecule has 7 nitrogen and oxygen atoms in total. The van der Waals surface area contributed by atoms with E-state index in [1.807, 2.05) is 66.7 Å². The fourth-order valence-corrected chi connectivity index (χ4v) is 5.39. The zero-order valence-electron chi connectivity index (χ0n) is 21.4. The second-order valence-electron chi connectivity index (χ2n) is 9.24. The molecule has 0 spiro atoms. The number of para-hydroxylation sites is 2. The van der Waals surface area contributed by atoms with Gasteiger partial charge < -0.3 is 19.5 Å². The number of hydrogen-bond donors (Lipinski definition) is 1. The predicted molar refractivity (Wildman–Crippen MR) is 143 cm³/mol. The van der Waals surface area contributed by atoms with Crippen LogP contribution >= 0.6 is 0 Å². The van der Waals surface area contributed by atoms with Crippen molar-refractivity contribution in [1.82, 2.24) is 0 Å². The average Bonchev–Trinajstić information content (AvgIpc) is 3.07. The lowest BCUT2D eigenvalue weighted by molar-refractivity contribution is -0.117. The van der Waals surface area contributed by atoms with E-state index in [9.17, 15) is 9.59 Å². The Kier molecular flexibility index (Phi) is 6.61. The number of hydrogen-bond acceptors (Lipinski definition) is 6. The number of allylic oxidation sites excluding steroid dienone is 1. The van der Waals surface area contributed by atoms with Crippen molar-refractivity contribution in [3.05, 3.63) is 89.1 Å². The Morgan fingerprint density at radius 3 is 2.24 bits per heavy atom. The van der Waals surface area contributed by atoms with Gasteiger partial charge in [0.2, 0.25) is 5.91 Å². The molecule has 2 atom stereocenters. The summed E-state index contributed by atoms with van der Waals surface area (Å²) >= 11 is 0. The van der Waals surface area contributed by atoms with Gasteiger partial charge in [0.1, 0.15) is 5.75 Å². The highest BCUT2D eigenvalue weighted by atomic mass is 16.5. The van der Waals surface area contributed by atoms with Crippen LogP contribution in [0, 0.1) is 0 Å². The van der Waals surface area contributed by atoms with Crippen molar-refractivity contribution in [2.24, 2.45) is 0 Å². The number of carbonyl (C=O) groups is 2. The summed E-state index contributed by atoms with van der Waals surface area (Å²) in [5.41, 5.74) is 4.78. The van der Waals surface area contributed by atoms with Crippen LogP contribution in [0.2, 0.25) is 0 Å². The molecule has 37 heavy (non-hydrogen) atoms. The summed E-state index contributed by atoms with van der Waals surface area (Å²) in [6.45, 7) is 1.53. The quantitative estimate of drug-likeness (QED) is 0.491. The number of methoxy groups -OCH3 is 3. The number of amides is 1. The van der Waals surface area contributed by atoms with Crippen LogP contribution < -0.4 is 24.4 Å². The van der Waals surface area contributed by atoms with Crippen molar-refractivity contribution in [2.75, 3.05) is 31.5 Å². The number of ketones is 1. The van der Waals surface area contributed by atoms with Crippen molar-refractivity contribution in [2.45, 2.75) is 31.7 Å². The lowest BCUT2D eigenvalue weighted by Crippen LogP contribution is -2.37. The average molecular weight is 499 g/mol. The highest BCUT2D eigenvalue weighted by Crippen LogP contribution is 2.48.